The van der Waals surface area contributed by atoms with Gasteiger partial charge >= 0.3 is 0 Å². The lowest BCUT2D eigenvalue weighted by atomic mass is 9.79. The van der Waals surface area contributed by atoms with E-state index in [1.807, 2.05) is 0 Å². The topological polar surface area (TPSA) is 29.1 Å². The number of hydrogen-bond acceptors (Lipinski definition) is 1. The van der Waals surface area contributed by atoms with Crippen molar-refractivity contribution in [2.24, 2.45) is 0 Å². The van der Waals surface area contributed by atoms with E-state index in [0.717, 1.165) is 37.3 Å². The molecule has 1 heterocycles. The standard InChI is InChI=1S/C26H38N2O/c1-25(2,3)22-16-21(24(29)23(17-22)26(4,5)6)19-28-14-12-27(13-15-28)18-20-10-8-7-9-11-20/h7-11,16-17,29H,12-15,18-19H2,1-6H3/p+2. The first-order valence-corrected chi connectivity index (χ1v) is 11.1. The quantitative estimate of drug-likeness (QED) is 0.728. The van der Waals surface area contributed by atoms with Gasteiger partial charge in [0.25, 0.3) is 0 Å². The van der Waals surface area contributed by atoms with Gasteiger partial charge in [-0.25, -0.2) is 0 Å². The van der Waals surface area contributed by atoms with Crippen molar-refractivity contribution in [3.63, 3.8) is 0 Å². The third kappa shape index (κ3) is 5.61. The van der Waals surface area contributed by atoms with Crippen LogP contribution < -0.4 is 9.80 Å². The zero-order valence-electron chi connectivity index (χ0n) is 19.2. The summed E-state index contributed by atoms with van der Waals surface area (Å²) >= 11 is 0. The molecule has 0 bridgehead atoms. The minimum atomic E-state index is -0.0616. The number of rotatable bonds is 4. The SMILES string of the molecule is CC(C)(C)c1cc(C[NH+]2CC[NH+](Cc3ccccc3)CC2)c(O)c(C(C)(C)C)c1. The first-order chi connectivity index (χ1) is 13.5. The molecule has 2 aromatic rings. The highest BCUT2D eigenvalue weighted by Gasteiger charge is 2.28. The van der Waals surface area contributed by atoms with Gasteiger partial charge in [-0.05, 0) is 22.5 Å². The summed E-state index contributed by atoms with van der Waals surface area (Å²) in [7, 11) is 0. The Morgan fingerprint density at radius 1 is 0.759 bits per heavy atom. The minimum absolute atomic E-state index is 0.0616. The molecular formula is C26H40N2O+2. The maximum atomic E-state index is 11.1. The van der Waals surface area contributed by atoms with E-state index in [9.17, 15) is 5.11 Å². The second kappa shape index (κ2) is 8.49. The highest BCUT2D eigenvalue weighted by Crippen LogP contribution is 2.37. The maximum Gasteiger partial charge on any atom is 0.128 e. The van der Waals surface area contributed by atoms with Crippen LogP contribution >= 0.6 is 0 Å². The minimum Gasteiger partial charge on any atom is -0.507 e. The molecule has 0 amide bonds. The fourth-order valence-corrected chi connectivity index (χ4v) is 4.30. The van der Waals surface area contributed by atoms with Crippen LogP contribution in [0.2, 0.25) is 0 Å². The molecule has 1 fully saturated rings. The number of hydrogen-bond donors (Lipinski definition) is 3. The van der Waals surface area contributed by atoms with Crippen molar-refractivity contribution in [2.45, 2.75) is 65.5 Å². The van der Waals surface area contributed by atoms with Gasteiger partial charge in [0.2, 0.25) is 0 Å². The van der Waals surface area contributed by atoms with Gasteiger partial charge in [0.15, 0.2) is 0 Å². The average Bonchev–Trinajstić information content (AvgIpc) is 2.64. The molecule has 2 aromatic carbocycles. The molecule has 1 saturated heterocycles. The predicted molar refractivity (Wildman–Crippen MR) is 121 cm³/mol. The van der Waals surface area contributed by atoms with E-state index in [2.05, 4.69) is 84.0 Å². The molecule has 1 aliphatic heterocycles. The lowest BCUT2D eigenvalue weighted by Gasteiger charge is -2.31. The Kier molecular flexibility index (Phi) is 6.40. The van der Waals surface area contributed by atoms with Crippen LogP contribution in [0.3, 0.4) is 0 Å². The molecule has 158 valence electrons. The highest BCUT2D eigenvalue weighted by molar-refractivity contribution is 5.48. The molecule has 3 nitrogen and oxygen atoms in total. The lowest BCUT2D eigenvalue weighted by Crippen LogP contribution is -3.27. The molecule has 3 rings (SSSR count). The van der Waals surface area contributed by atoms with Crippen molar-refractivity contribution in [1.29, 1.82) is 0 Å². The van der Waals surface area contributed by atoms with Gasteiger partial charge in [-0.1, -0.05) is 77.9 Å². The second-order valence-corrected chi connectivity index (χ2v) is 10.9. The number of phenolic OH excluding ortho intramolecular Hbond substituents is 1. The van der Waals surface area contributed by atoms with E-state index in [-0.39, 0.29) is 10.8 Å². The fraction of sp³-hybridized carbons (Fsp3) is 0.538. The van der Waals surface area contributed by atoms with Crippen LogP contribution in [0, 0.1) is 0 Å². The molecule has 0 atom stereocenters. The predicted octanol–water partition coefficient (Wildman–Crippen LogP) is 2.47. The smallest absolute Gasteiger partial charge is 0.128 e. The summed E-state index contributed by atoms with van der Waals surface area (Å²) in [6, 6.07) is 15.3. The zero-order valence-corrected chi connectivity index (χ0v) is 19.2. The molecule has 0 spiro atoms. The van der Waals surface area contributed by atoms with Crippen molar-refractivity contribution in [3.8, 4) is 5.75 Å². The summed E-state index contributed by atoms with van der Waals surface area (Å²) in [4.78, 5) is 3.26. The summed E-state index contributed by atoms with van der Waals surface area (Å²) in [6.07, 6.45) is 0. The highest BCUT2D eigenvalue weighted by atomic mass is 16.3. The van der Waals surface area contributed by atoms with Gasteiger partial charge in [-0.2, -0.15) is 0 Å². The molecule has 0 aromatic heterocycles. The molecule has 3 heteroatoms. The fourth-order valence-electron chi connectivity index (χ4n) is 4.30. The first kappa shape index (κ1) is 21.9. The molecule has 0 radical (unpaired) electrons. The summed E-state index contributed by atoms with van der Waals surface area (Å²) in [5.74, 6) is 0.511. The van der Waals surface area contributed by atoms with E-state index in [1.54, 1.807) is 9.80 Å². The van der Waals surface area contributed by atoms with Gasteiger partial charge in [0, 0.05) is 16.7 Å². The molecule has 0 saturated carbocycles. The summed E-state index contributed by atoms with van der Waals surface area (Å²) in [5, 5.41) is 11.1. The monoisotopic (exact) mass is 396 g/mol. The van der Waals surface area contributed by atoms with E-state index in [0.29, 0.717) is 5.75 Å². The molecule has 3 N–H and O–H groups in total. The van der Waals surface area contributed by atoms with Crippen LogP contribution in [0.15, 0.2) is 42.5 Å². The molecule has 1 aliphatic rings. The van der Waals surface area contributed by atoms with Crippen LogP contribution in [0.5, 0.6) is 5.75 Å². The summed E-state index contributed by atoms with van der Waals surface area (Å²) in [5.41, 5.74) is 4.96. The van der Waals surface area contributed by atoms with Crippen LogP contribution in [0.25, 0.3) is 0 Å². The summed E-state index contributed by atoms with van der Waals surface area (Å²) < 4.78 is 0. The Hall–Kier alpha value is -1.84. The normalized spacial score (nSPS) is 20.6. The van der Waals surface area contributed by atoms with Gasteiger partial charge in [0.05, 0.1) is 0 Å². The van der Waals surface area contributed by atoms with Gasteiger partial charge < -0.3 is 14.9 Å². The van der Waals surface area contributed by atoms with Crippen LogP contribution in [0.4, 0.5) is 0 Å². The third-order valence-electron chi connectivity index (χ3n) is 6.26. The van der Waals surface area contributed by atoms with Crippen molar-refractivity contribution >= 4 is 0 Å². The Bertz CT molecular complexity index is 807. The van der Waals surface area contributed by atoms with E-state index < -0.39 is 0 Å². The number of benzene rings is 2. The van der Waals surface area contributed by atoms with Crippen LogP contribution in [-0.4, -0.2) is 31.3 Å². The lowest BCUT2D eigenvalue weighted by molar-refractivity contribution is -1.02. The number of nitrogens with one attached hydrogen (secondary N) is 2. The summed E-state index contributed by atoms with van der Waals surface area (Å²) in [6.45, 7) is 20.1. The van der Waals surface area contributed by atoms with E-state index in [1.165, 1.54) is 24.2 Å². The molecule has 29 heavy (non-hydrogen) atoms. The van der Waals surface area contributed by atoms with Crippen molar-refractivity contribution in [1.82, 2.24) is 0 Å². The number of piperazine rings is 1. The largest absolute Gasteiger partial charge is 0.507 e. The first-order valence-electron chi connectivity index (χ1n) is 11.1. The van der Waals surface area contributed by atoms with Gasteiger partial charge in [-0.3, -0.25) is 0 Å². The molecule has 0 aliphatic carbocycles. The van der Waals surface area contributed by atoms with Crippen molar-refractivity contribution in [3.05, 3.63) is 64.7 Å². The molecular weight excluding hydrogens is 356 g/mol. The third-order valence-corrected chi connectivity index (χ3v) is 6.26. The Morgan fingerprint density at radius 2 is 1.31 bits per heavy atom. The maximum absolute atomic E-state index is 11.1. The average molecular weight is 397 g/mol. The zero-order chi connectivity index (χ0) is 21.2. The van der Waals surface area contributed by atoms with Crippen LogP contribution in [0.1, 0.15) is 63.8 Å². The number of aromatic hydroxyl groups is 1. The van der Waals surface area contributed by atoms with Crippen molar-refractivity contribution in [2.75, 3.05) is 26.2 Å². The number of quaternary nitrogens is 2. The van der Waals surface area contributed by atoms with Gasteiger partial charge in [-0.15, -0.1) is 0 Å². The van der Waals surface area contributed by atoms with Crippen LogP contribution in [-0.2, 0) is 23.9 Å². The Labute approximate surface area is 177 Å². The number of phenols is 1. The second-order valence-electron chi connectivity index (χ2n) is 10.9. The van der Waals surface area contributed by atoms with E-state index >= 15 is 0 Å². The Morgan fingerprint density at radius 3 is 1.83 bits per heavy atom. The molecule has 0 unspecified atom stereocenters. The van der Waals surface area contributed by atoms with E-state index in [4.69, 9.17) is 0 Å². The Balaban J connectivity index is 1.72. The van der Waals surface area contributed by atoms with Gasteiger partial charge in [0.1, 0.15) is 45.0 Å². The van der Waals surface area contributed by atoms with Crippen molar-refractivity contribution < 1.29 is 14.9 Å².